The zero-order valence-electron chi connectivity index (χ0n) is 25.1. The Bertz CT molecular complexity index is 1300. The first kappa shape index (κ1) is 33.4. The lowest BCUT2D eigenvalue weighted by Crippen LogP contribution is -2.33. The lowest BCUT2D eigenvalue weighted by molar-refractivity contribution is -0.145. The van der Waals surface area contributed by atoms with Crippen molar-refractivity contribution >= 4 is 47.0 Å². The van der Waals surface area contributed by atoms with Crippen LogP contribution in [0.1, 0.15) is 98.3 Å². The van der Waals surface area contributed by atoms with E-state index in [1.54, 1.807) is 54.0 Å². The summed E-state index contributed by atoms with van der Waals surface area (Å²) in [6, 6.07) is 9.94. The third kappa shape index (κ3) is 8.04. The third-order valence-corrected chi connectivity index (χ3v) is 7.41. The maximum Gasteiger partial charge on any atom is 0.308 e. The van der Waals surface area contributed by atoms with Gasteiger partial charge in [0.15, 0.2) is 0 Å². The Balaban J connectivity index is 0.000000230. The highest BCUT2D eigenvalue weighted by Gasteiger charge is 2.39. The number of fused-ring (bicyclic) bond motifs is 2. The van der Waals surface area contributed by atoms with Crippen LogP contribution in [0.15, 0.2) is 36.4 Å². The van der Waals surface area contributed by atoms with Crippen molar-refractivity contribution in [2.24, 2.45) is 11.8 Å². The van der Waals surface area contributed by atoms with Gasteiger partial charge in [-0.2, -0.15) is 0 Å². The number of hydrogen-bond acceptors (Lipinski definition) is 6. The van der Waals surface area contributed by atoms with Crippen molar-refractivity contribution < 1.29 is 28.7 Å². The van der Waals surface area contributed by atoms with E-state index in [0.717, 1.165) is 11.1 Å². The van der Waals surface area contributed by atoms with E-state index in [1.165, 1.54) is 0 Å². The molecule has 4 rings (SSSR count). The molecular formula is C32H40Cl2N2O6. The third-order valence-electron chi connectivity index (χ3n) is 6.94. The van der Waals surface area contributed by atoms with Crippen LogP contribution >= 0.6 is 23.2 Å². The molecule has 2 aromatic rings. The molecule has 0 aliphatic carbocycles. The van der Waals surface area contributed by atoms with Crippen molar-refractivity contribution in [1.82, 2.24) is 9.80 Å². The second kappa shape index (κ2) is 14.9. The number of hydrogen-bond donors (Lipinski definition) is 0. The van der Waals surface area contributed by atoms with Crippen molar-refractivity contribution in [2.45, 2.75) is 66.5 Å². The molecule has 0 N–H and O–H groups in total. The van der Waals surface area contributed by atoms with E-state index in [9.17, 15) is 19.2 Å². The summed E-state index contributed by atoms with van der Waals surface area (Å²) in [6.45, 7) is 13.6. The highest BCUT2D eigenvalue weighted by molar-refractivity contribution is 6.31. The number of amides is 2. The normalized spacial score (nSPS) is 17.3. The summed E-state index contributed by atoms with van der Waals surface area (Å²) in [5.41, 5.74) is 2.91. The summed E-state index contributed by atoms with van der Waals surface area (Å²) in [7, 11) is 0. The Morgan fingerprint density at radius 2 is 1.17 bits per heavy atom. The average Bonchev–Trinajstić information content (AvgIpc) is 3.29. The summed E-state index contributed by atoms with van der Waals surface area (Å²) in [4.78, 5) is 52.2. The number of carbonyl (C=O) groups is 4. The topological polar surface area (TPSA) is 93.2 Å². The Kier molecular flexibility index (Phi) is 11.8. The lowest BCUT2D eigenvalue weighted by atomic mass is 10.0. The van der Waals surface area contributed by atoms with E-state index in [1.807, 2.05) is 33.8 Å². The minimum absolute atomic E-state index is 0.0373. The molecule has 10 heteroatoms. The summed E-state index contributed by atoms with van der Waals surface area (Å²) in [6.07, 6.45) is 0.348. The Morgan fingerprint density at radius 1 is 0.714 bits per heavy atom. The number of ether oxygens (including phenoxy) is 2. The predicted octanol–water partition coefficient (Wildman–Crippen LogP) is 6.89. The summed E-state index contributed by atoms with van der Waals surface area (Å²) in [5.74, 6) is -0.0317. The molecule has 0 radical (unpaired) electrons. The highest BCUT2D eigenvalue weighted by atomic mass is 35.5. The van der Waals surface area contributed by atoms with Gasteiger partial charge in [0.05, 0.1) is 38.1 Å². The molecule has 0 saturated carbocycles. The van der Waals surface area contributed by atoms with Crippen LogP contribution < -0.4 is 0 Å². The predicted molar refractivity (Wildman–Crippen MR) is 163 cm³/mol. The van der Waals surface area contributed by atoms with Crippen LogP contribution in [0, 0.1) is 11.8 Å². The quantitative estimate of drug-likeness (QED) is 0.269. The van der Waals surface area contributed by atoms with E-state index in [4.69, 9.17) is 32.7 Å². The molecule has 2 aliphatic heterocycles. The van der Waals surface area contributed by atoms with Crippen LogP contribution in [0.25, 0.3) is 0 Å². The lowest BCUT2D eigenvalue weighted by Gasteiger charge is -2.26. The van der Waals surface area contributed by atoms with Gasteiger partial charge in [-0.25, -0.2) is 0 Å². The molecule has 0 bridgehead atoms. The molecule has 2 unspecified atom stereocenters. The highest BCUT2D eigenvalue weighted by Crippen LogP contribution is 2.39. The van der Waals surface area contributed by atoms with Crippen molar-refractivity contribution in [1.29, 1.82) is 0 Å². The van der Waals surface area contributed by atoms with Crippen LogP contribution in [0.3, 0.4) is 0 Å². The van der Waals surface area contributed by atoms with Gasteiger partial charge in [-0.1, -0.05) is 57.0 Å². The Labute approximate surface area is 258 Å². The van der Waals surface area contributed by atoms with Crippen LogP contribution in [0.5, 0.6) is 0 Å². The van der Waals surface area contributed by atoms with Gasteiger partial charge in [-0.05, 0) is 67.1 Å². The molecule has 2 amide bonds. The molecule has 2 heterocycles. The Morgan fingerprint density at radius 3 is 1.67 bits per heavy atom. The fraction of sp³-hybridized carbons (Fsp3) is 0.500. The van der Waals surface area contributed by atoms with Gasteiger partial charge >= 0.3 is 11.9 Å². The van der Waals surface area contributed by atoms with Crippen LogP contribution in [-0.2, 0) is 19.1 Å². The molecule has 2 atom stereocenters. The summed E-state index contributed by atoms with van der Waals surface area (Å²) >= 11 is 12.0. The Hall–Kier alpha value is -3.10. The van der Waals surface area contributed by atoms with Crippen molar-refractivity contribution in [2.75, 3.05) is 26.3 Å². The summed E-state index contributed by atoms with van der Waals surface area (Å²) in [5, 5.41) is 1.10. The maximum atomic E-state index is 12.5. The van der Waals surface area contributed by atoms with Gasteiger partial charge < -0.3 is 19.3 Å². The van der Waals surface area contributed by atoms with E-state index in [2.05, 4.69) is 0 Å². The molecule has 0 spiro atoms. The molecule has 42 heavy (non-hydrogen) atoms. The van der Waals surface area contributed by atoms with Gasteiger partial charge in [-0.3, -0.25) is 19.2 Å². The first-order chi connectivity index (χ1) is 19.9. The second-order valence-electron chi connectivity index (χ2n) is 11.2. The molecule has 8 nitrogen and oxygen atoms in total. The second-order valence-corrected chi connectivity index (χ2v) is 12.1. The first-order valence-electron chi connectivity index (χ1n) is 14.4. The fourth-order valence-corrected chi connectivity index (χ4v) is 5.69. The number of esters is 2. The molecule has 0 fully saturated rings. The van der Waals surface area contributed by atoms with Gasteiger partial charge in [0.25, 0.3) is 11.8 Å². The van der Waals surface area contributed by atoms with Crippen molar-refractivity contribution in [3.05, 3.63) is 68.7 Å². The fourth-order valence-electron chi connectivity index (χ4n) is 5.34. The van der Waals surface area contributed by atoms with Crippen LogP contribution in [-0.4, -0.2) is 59.9 Å². The molecule has 2 aromatic carbocycles. The SMILES string of the molecule is CCOC(=O)CC1c2cc(Cl)ccc2C(=O)N1CC(C)C.CCOC(=O)CC1c2ccc(Cl)cc2C(=O)N1CC(C)C. The zero-order valence-corrected chi connectivity index (χ0v) is 26.6. The molecule has 2 aliphatic rings. The zero-order chi connectivity index (χ0) is 31.1. The van der Waals surface area contributed by atoms with Crippen LogP contribution in [0.2, 0.25) is 10.0 Å². The first-order valence-corrected chi connectivity index (χ1v) is 15.1. The molecule has 228 valence electrons. The number of nitrogens with zero attached hydrogens (tertiary/aromatic N) is 2. The van der Waals surface area contributed by atoms with Gasteiger partial charge in [-0.15, -0.1) is 0 Å². The van der Waals surface area contributed by atoms with E-state index < -0.39 is 0 Å². The largest absolute Gasteiger partial charge is 0.466 e. The maximum absolute atomic E-state index is 12.5. The van der Waals surface area contributed by atoms with Crippen LogP contribution in [0.4, 0.5) is 0 Å². The van der Waals surface area contributed by atoms with Crippen molar-refractivity contribution in [3.63, 3.8) is 0 Å². The number of halogens is 2. The number of benzene rings is 2. The smallest absolute Gasteiger partial charge is 0.308 e. The van der Waals surface area contributed by atoms with E-state index in [-0.39, 0.29) is 48.7 Å². The average molecular weight is 620 g/mol. The molecule has 0 saturated heterocycles. The standard InChI is InChI=1S/2C16H20ClNO3/c1-4-21-15(19)8-14-13-7-11(17)5-6-12(13)16(20)18(14)9-10(2)3;1-4-21-15(19)8-14-12-6-5-11(17)7-13(12)16(20)18(14)9-10(2)3/h2*5-7,10,14H,4,8-9H2,1-3H3. The molecular weight excluding hydrogens is 579 g/mol. The van der Waals surface area contributed by atoms with Gasteiger partial charge in [0.2, 0.25) is 0 Å². The van der Waals surface area contributed by atoms with E-state index >= 15 is 0 Å². The van der Waals surface area contributed by atoms with Gasteiger partial charge in [0.1, 0.15) is 0 Å². The number of carbonyl (C=O) groups excluding carboxylic acids is 4. The minimum Gasteiger partial charge on any atom is -0.466 e. The molecule has 0 aromatic heterocycles. The van der Waals surface area contributed by atoms with Crippen molar-refractivity contribution in [3.8, 4) is 0 Å². The minimum atomic E-state index is -0.295. The number of rotatable bonds is 10. The summed E-state index contributed by atoms with van der Waals surface area (Å²) < 4.78 is 10.1. The monoisotopic (exact) mass is 618 g/mol. The van der Waals surface area contributed by atoms with E-state index in [0.29, 0.717) is 59.3 Å². The van der Waals surface area contributed by atoms with Gasteiger partial charge in [0, 0.05) is 34.3 Å².